The van der Waals surface area contributed by atoms with Crippen molar-refractivity contribution in [2.24, 2.45) is 0 Å². The number of hydrogen-bond donors (Lipinski definition) is 0. The average molecular weight is 266 g/mol. The highest BCUT2D eigenvalue weighted by Crippen LogP contribution is 2.30. The Balaban J connectivity index is 2.33. The van der Waals surface area contributed by atoms with E-state index >= 15 is 0 Å². The summed E-state index contributed by atoms with van der Waals surface area (Å²) in [5.41, 5.74) is -0.482. The summed E-state index contributed by atoms with van der Waals surface area (Å²) in [6.45, 7) is 0. The summed E-state index contributed by atoms with van der Waals surface area (Å²) >= 11 is 6.47. The van der Waals surface area contributed by atoms with E-state index in [4.69, 9.17) is 11.6 Å². The molecule has 0 amide bonds. The van der Waals surface area contributed by atoms with Crippen LogP contribution in [0, 0.1) is 0 Å². The lowest BCUT2D eigenvalue weighted by atomic mass is 10.2. The number of pyridine rings is 1. The summed E-state index contributed by atoms with van der Waals surface area (Å²) in [6.07, 6.45) is -3.63. The highest BCUT2D eigenvalue weighted by atomic mass is 35.5. The van der Waals surface area contributed by atoms with Crippen LogP contribution in [0.2, 0.25) is 5.28 Å². The minimum atomic E-state index is -4.38. The average Bonchev–Trinajstić information content (AvgIpc) is 2.64. The van der Waals surface area contributed by atoms with Gasteiger partial charge in [-0.25, -0.2) is 4.98 Å². The second-order valence-corrected chi connectivity index (χ2v) is 3.89. The van der Waals surface area contributed by atoms with E-state index in [2.05, 4.69) is 14.3 Å². The van der Waals surface area contributed by atoms with Crippen molar-refractivity contribution in [1.29, 1.82) is 0 Å². The van der Waals surface area contributed by atoms with E-state index in [9.17, 15) is 13.2 Å². The monoisotopic (exact) mass is 265 g/mol. The van der Waals surface area contributed by atoms with Crippen LogP contribution in [-0.2, 0) is 6.18 Å². The summed E-state index contributed by atoms with van der Waals surface area (Å²) in [5, 5.41) is 0.445. The quantitative estimate of drug-likeness (QED) is 0.794. The molecule has 84 valence electrons. The van der Waals surface area contributed by atoms with Gasteiger partial charge in [-0.3, -0.25) is 4.98 Å². The Labute approximate surface area is 97.1 Å². The summed E-state index contributed by atoms with van der Waals surface area (Å²) in [6, 6.07) is 2.18. The summed E-state index contributed by atoms with van der Waals surface area (Å²) in [4.78, 5) is 7.46. The molecule has 0 radical (unpaired) electrons. The van der Waals surface area contributed by atoms with E-state index in [0.717, 1.165) is 23.8 Å². The Morgan fingerprint density at radius 1 is 1.25 bits per heavy atom. The molecule has 2 aromatic rings. The highest BCUT2D eigenvalue weighted by molar-refractivity contribution is 7.09. The van der Waals surface area contributed by atoms with Crippen LogP contribution in [-0.4, -0.2) is 14.3 Å². The van der Waals surface area contributed by atoms with Crippen LogP contribution in [0.1, 0.15) is 5.56 Å². The maximum atomic E-state index is 12.2. The first-order valence-electron chi connectivity index (χ1n) is 3.99. The van der Waals surface area contributed by atoms with E-state index in [1.807, 2.05) is 0 Å². The van der Waals surface area contributed by atoms with Crippen molar-refractivity contribution in [2.75, 3.05) is 0 Å². The van der Waals surface area contributed by atoms with Gasteiger partial charge in [-0.05, 0) is 35.3 Å². The molecule has 0 bridgehead atoms. The van der Waals surface area contributed by atoms with Crippen molar-refractivity contribution in [2.45, 2.75) is 6.18 Å². The molecular formula is C8H3ClF3N3S. The lowest BCUT2D eigenvalue weighted by Gasteiger charge is -2.05. The van der Waals surface area contributed by atoms with Gasteiger partial charge in [0.2, 0.25) is 5.28 Å². The molecule has 0 unspecified atom stereocenters. The van der Waals surface area contributed by atoms with Crippen molar-refractivity contribution in [1.82, 2.24) is 14.3 Å². The molecule has 2 rings (SSSR count). The van der Waals surface area contributed by atoms with Gasteiger partial charge in [0.05, 0.1) is 5.56 Å². The molecule has 0 saturated heterocycles. The van der Waals surface area contributed by atoms with E-state index in [-0.39, 0.29) is 5.28 Å². The van der Waals surface area contributed by atoms with Gasteiger partial charge < -0.3 is 0 Å². The lowest BCUT2D eigenvalue weighted by Crippen LogP contribution is -2.05. The Morgan fingerprint density at radius 2 is 2.00 bits per heavy atom. The third-order valence-electron chi connectivity index (χ3n) is 1.71. The fourth-order valence-electron chi connectivity index (χ4n) is 0.998. The molecule has 0 spiro atoms. The Morgan fingerprint density at radius 3 is 2.44 bits per heavy atom. The fraction of sp³-hybridized carbons (Fsp3) is 0.125. The molecule has 2 aromatic heterocycles. The molecule has 0 N–H and O–H groups in total. The van der Waals surface area contributed by atoms with Crippen LogP contribution in [0.3, 0.4) is 0 Å². The zero-order chi connectivity index (χ0) is 11.8. The van der Waals surface area contributed by atoms with Crippen LogP contribution in [0.5, 0.6) is 0 Å². The van der Waals surface area contributed by atoms with Crippen molar-refractivity contribution >= 4 is 23.1 Å². The van der Waals surface area contributed by atoms with Gasteiger partial charge in [0.25, 0.3) is 0 Å². The SMILES string of the molecule is FC(F)(F)c1ccc(-c2nc(Cl)ns2)nc1. The molecule has 0 fully saturated rings. The van der Waals surface area contributed by atoms with Gasteiger partial charge in [-0.2, -0.15) is 17.5 Å². The van der Waals surface area contributed by atoms with Crippen molar-refractivity contribution in [3.05, 3.63) is 29.2 Å². The molecule has 8 heteroatoms. The highest BCUT2D eigenvalue weighted by Gasteiger charge is 2.30. The first-order valence-corrected chi connectivity index (χ1v) is 5.15. The van der Waals surface area contributed by atoms with Gasteiger partial charge in [0.15, 0.2) is 5.01 Å². The van der Waals surface area contributed by atoms with Crippen molar-refractivity contribution < 1.29 is 13.2 Å². The zero-order valence-corrected chi connectivity index (χ0v) is 9.07. The number of aromatic nitrogens is 3. The van der Waals surface area contributed by atoms with Crippen LogP contribution in [0.15, 0.2) is 18.3 Å². The van der Waals surface area contributed by atoms with Crippen LogP contribution < -0.4 is 0 Å². The molecular weight excluding hydrogens is 263 g/mol. The molecule has 0 atom stereocenters. The first kappa shape index (κ1) is 11.3. The standard InChI is InChI=1S/C8H3ClF3N3S/c9-7-14-6(16-15-7)5-2-1-4(3-13-5)8(10,11)12/h1-3H. The summed E-state index contributed by atoms with van der Waals surface area (Å²) in [5.74, 6) is 0. The topological polar surface area (TPSA) is 38.7 Å². The molecule has 3 nitrogen and oxygen atoms in total. The van der Waals surface area contributed by atoms with Gasteiger partial charge in [0, 0.05) is 6.20 Å². The Kier molecular flexibility index (Phi) is 2.81. The minimum Gasteiger partial charge on any atom is -0.253 e. The first-order chi connectivity index (χ1) is 7.47. The maximum Gasteiger partial charge on any atom is 0.417 e. The van der Waals surface area contributed by atoms with E-state index in [1.54, 1.807) is 0 Å². The molecule has 0 aliphatic heterocycles. The molecule has 0 saturated carbocycles. The second-order valence-electron chi connectivity index (χ2n) is 2.80. The van der Waals surface area contributed by atoms with Gasteiger partial charge in [-0.15, -0.1) is 0 Å². The number of hydrogen-bond acceptors (Lipinski definition) is 4. The second kappa shape index (κ2) is 3.99. The largest absolute Gasteiger partial charge is 0.417 e. The number of rotatable bonds is 1. The van der Waals surface area contributed by atoms with Crippen LogP contribution in [0.25, 0.3) is 10.7 Å². The Bertz CT molecular complexity index is 494. The maximum absolute atomic E-state index is 12.2. The smallest absolute Gasteiger partial charge is 0.253 e. The molecule has 16 heavy (non-hydrogen) atoms. The van der Waals surface area contributed by atoms with E-state index < -0.39 is 11.7 Å². The lowest BCUT2D eigenvalue weighted by molar-refractivity contribution is -0.137. The van der Waals surface area contributed by atoms with Crippen LogP contribution in [0.4, 0.5) is 13.2 Å². The predicted molar refractivity (Wildman–Crippen MR) is 53.2 cm³/mol. The fourth-order valence-corrected chi connectivity index (χ4v) is 1.78. The van der Waals surface area contributed by atoms with Crippen LogP contribution >= 0.6 is 23.1 Å². The number of nitrogens with zero attached hydrogens (tertiary/aromatic N) is 3. The third-order valence-corrected chi connectivity index (χ3v) is 2.72. The van der Waals surface area contributed by atoms with E-state index in [1.165, 1.54) is 6.07 Å². The normalized spacial score (nSPS) is 11.8. The molecule has 0 aromatic carbocycles. The summed E-state index contributed by atoms with van der Waals surface area (Å²) < 4.78 is 40.4. The van der Waals surface area contributed by atoms with E-state index in [0.29, 0.717) is 10.7 Å². The Hall–Kier alpha value is -1.21. The van der Waals surface area contributed by atoms with Crippen molar-refractivity contribution in [3.8, 4) is 10.7 Å². The number of halogens is 4. The number of alkyl halides is 3. The minimum absolute atomic E-state index is 0.0571. The zero-order valence-electron chi connectivity index (χ0n) is 7.49. The van der Waals surface area contributed by atoms with Gasteiger partial charge >= 0.3 is 6.18 Å². The van der Waals surface area contributed by atoms with Gasteiger partial charge in [0.1, 0.15) is 5.69 Å². The molecule has 0 aliphatic rings. The summed E-state index contributed by atoms with van der Waals surface area (Å²) in [7, 11) is 0. The van der Waals surface area contributed by atoms with Gasteiger partial charge in [-0.1, -0.05) is 0 Å². The predicted octanol–water partition coefficient (Wildman–Crippen LogP) is 3.27. The van der Waals surface area contributed by atoms with Crippen molar-refractivity contribution in [3.63, 3.8) is 0 Å². The third kappa shape index (κ3) is 2.30. The molecule has 2 heterocycles. The molecule has 0 aliphatic carbocycles.